The zero-order valence-corrected chi connectivity index (χ0v) is 16.2. The van der Waals surface area contributed by atoms with Crippen molar-refractivity contribution in [3.05, 3.63) is 12.2 Å². The molecule has 142 valence electrons. The number of Topliss-reactive ketones (excluding diaryl/α,β-unsaturated/α-hetero) is 4. The Hall–Kier alpha value is -1.62. The van der Waals surface area contributed by atoms with Crippen molar-refractivity contribution in [3.8, 4) is 0 Å². The van der Waals surface area contributed by atoms with Crippen LogP contribution in [0.3, 0.4) is 0 Å². The van der Waals surface area contributed by atoms with Gasteiger partial charge in [-0.1, -0.05) is 39.8 Å². The number of rotatable bonds is 4. The number of hydrogen-bond donors (Lipinski definition) is 1. The quantitative estimate of drug-likeness (QED) is 0.614. The fraction of sp³-hybridized carbons (Fsp3) is 0.714. The molecule has 0 aromatic heterocycles. The zero-order chi connectivity index (χ0) is 19.8. The number of carbonyl (C=O) groups is 4. The summed E-state index contributed by atoms with van der Waals surface area (Å²) in [6.45, 7) is 13.5. The molecular weight excluding hydrogens is 332 g/mol. The molecule has 0 heterocycles. The van der Waals surface area contributed by atoms with Gasteiger partial charge in [0.1, 0.15) is 5.92 Å². The van der Waals surface area contributed by atoms with E-state index in [1.807, 2.05) is 34.6 Å². The summed E-state index contributed by atoms with van der Waals surface area (Å²) in [5.74, 6) is -4.57. The van der Waals surface area contributed by atoms with Gasteiger partial charge < -0.3 is 5.11 Å². The van der Waals surface area contributed by atoms with Crippen molar-refractivity contribution >= 4 is 23.1 Å². The highest BCUT2D eigenvalue weighted by Gasteiger charge is 2.83. The van der Waals surface area contributed by atoms with E-state index in [0.29, 0.717) is 0 Å². The van der Waals surface area contributed by atoms with Crippen molar-refractivity contribution in [1.29, 1.82) is 0 Å². The number of aliphatic hydroxyl groups is 1. The summed E-state index contributed by atoms with van der Waals surface area (Å²) < 4.78 is 0. The Kier molecular flexibility index (Phi) is 4.01. The second kappa shape index (κ2) is 5.44. The average molecular weight is 360 g/mol. The minimum atomic E-state index is -2.35. The zero-order valence-electron chi connectivity index (χ0n) is 16.2. The molecule has 3 saturated carbocycles. The topological polar surface area (TPSA) is 88.5 Å². The van der Waals surface area contributed by atoms with Crippen LogP contribution in [-0.2, 0) is 19.2 Å². The Bertz CT molecular complexity index is 746. The third-order valence-corrected chi connectivity index (χ3v) is 7.20. The van der Waals surface area contributed by atoms with Crippen LogP contribution in [0.2, 0.25) is 0 Å². The van der Waals surface area contributed by atoms with Crippen molar-refractivity contribution in [3.63, 3.8) is 0 Å². The van der Waals surface area contributed by atoms with Crippen molar-refractivity contribution in [2.75, 3.05) is 0 Å². The highest BCUT2D eigenvalue weighted by molar-refractivity contribution is 6.36. The van der Waals surface area contributed by atoms with E-state index in [1.165, 1.54) is 0 Å². The molecule has 1 N–H and O–H groups in total. The maximum Gasteiger partial charge on any atom is 0.195 e. The van der Waals surface area contributed by atoms with Gasteiger partial charge in [0.15, 0.2) is 28.7 Å². The molecule has 3 aliphatic carbocycles. The van der Waals surface area contributed by atoms with Gasteiger partial charge in [0.25, 0.3) is 0 Å². The monoisotopic (exact) mass is 360 g/mol. The summed E-state index contributed by atoms with van der Waals surface area (Å²) in [6.07, 6.45) is 0.286. The molecule has 0 aromatic carbocycles. The van der Waals surface area contributed by atoms with E-state index in [4.69, 9.17) is 0 Å². The van der Waals surface area contributed by atoms with E-state index in [9.17, 15) is 24.3 Å². The summed E-state index contributed by atoms with van der Waals surface area (Å²) in [7, 11) is 0. The van der Waals surface area contributed by atoms with Crippen LogP contribution >= 0.6 is 0 Å². The molecule has 0 saturated heterocycles. The highest BCUT2D eigenvalue weighted by Crippen LogP contribution is 2.71. The van der Waals surface area contributed by atoms with Crippen molar-refractivity contribution in [2.45, 2.75) is 59.5 Å². The van der Waals surface area contributed by atoms with Crippen molar-refractivity contribution < 1.29 is 24.3 Å². The molecule has 3 fully saturated rings. The lowest BCUT2D eigenvalue weighted by Crippen LogP contribution is -2.52. The average Bonchev–Trinajstić information content (AvgIpc) is 2.94. The maximum atomic E-state index is 13.4. The first-order chi connectivity index (χ1) is 11.8. The van der Waals surface area contributed by atoms with Crippen LogP contribution in [0.15, 0.2) is 12.2 Å². The van der Waals surface area contributed by atoms with Gasteiger partial charge in [0.2, 0.25) is 0 Å². The predicted molar refractivity (Wildman–Crippen MR) is 95.2 cm³/mol. The minimum absolute atomic E-state index is 0.00412. The Morgan fingerprint density at radius 1 is 1.23 bits per heavy atom. The summed E-state index contributed by atoms with van der Waals surface area (Å²) in [5.41, 5.74) is -3.43. The summed E-state index contributed by atoms with van der Waals surface area (Å²) in [4.78, 5) is 51.9. The van der Waals surface area contributed by atoms with Gasteiger partial charge in [-0.15, -0.1) is 0 Å². The molecule has 5 heteroatoms. The van der Waals surface area contributed by atoms with Crippen LogP contribution in [0.4, 0.5) is 0 Å². The minimum Gasteiger partial charge on any atom is -0.374 e. The van der Waals surface area contributed by atoms with Crippen molar-refractivity contribution in [2.24, 2.45) is 34.5 Å². The molecule has 0 amide bonds. The van der Waals surface area contributed by atoms with Gasteiger partial charge in [-0.2, -0.15) is 0 Å². The van der Waals surface area contributed by atoms with Crippen LogP contribution in [0.1, 0.15) is 53.9 Å². The van der Waals surface area contributed by atoms with E-state index >= 15 is 0 Å². The third kappa shape index (κ3) is 1.95. The molecule has 0 aliphatic heterocycles. The number of ketones is 4. The van der Waals surface area contributed by atoms with Crippen LogP contribution in [0.5, 0.6) is 0 Å². The van der Waals surface area contributed by atoms with Gasteiger partial charge >= 0.3 is 0 Å². The van der Waals surface area contributed by atoms with E-state index in [1.54, 1.807) is 0 Å². The molecule has 1 spiro atoms. The van der Waals surface area contributed by atoms with Gasteiger partial charge in [-0.3, -0.25) is 19.2 Å². The molecule has 0 radical (unpaired) electrons. The Morgan fingerprint density at radius 3 is 2.31 bits per heavy atom. The summed E-state index contributed by atoms with van der Waals surface area (Å²) >= 11 is 0. The Morgan fingerprint density at radius 2 is 1.81 bits per heavy atom. The van der Waals surface area contributed by atoms with Crippen LogP contribution in [-0.4, -0.2) is 33.8 Å². The predicted octanol–water partition coefficient (Wildman–Crippen LogP) is 2.30. The Labute approximate surface area is 154 Å². The molecular formula is C21H28O5. The smallest absolute Gasteiger partial charge is 0.195 e. The van der Waals surface area contributed by atoms with Crippen molar-refractivity contribution in [1.82, 2.24) is 0 Å². The summed E-state index contributed by atoms with van der Waals surface area (Å²) in [5, 5.41) is 11.3. The second-order valence-corrected chi connectivity index (χ2v) is 9.51. The first-order valence-electron chi connectivity index (χ1n) is 9.35. The summed E-state index contributed by atoms with van der Waals surface area (Å²) in [6, 6.07) is 0. The first kappa shape index (κ1) is 19.2. The number of carbonyl (C=O) groups excluding carboxylic acids is 4. The molecule has 5 unspecified atom stereocenters. The van der Waals surface area contributed by atoms with Gasteiger partial charge in [0, 0.05) is 12.8 Å². The van der Waals surface area contributed by atoms with E-state index < -0.39 is 51.4 Å². The van der Waals surface area contributed by atoms with E-state index in [0.717, 1.165) is 5.57 Å². The maximum absolute atomic E-state index is 13.4. The van der Waals surface area contributed by atoms with Crippen LogP contribution in [0, 0.1) is 34.5 Å². The lowest BCUT2D eigenvalue weighted by molar-refractivity contribution is -0.156. The fourth-order valence-corrected chi connectivity index (χ4v) is 6.04. The molecule has 5 nitrogen and oxygen atoms in total. The fourth-order valence-electron chi connectivity index (χ4n) is 6.04. The number of allylic oxidation sites excluding steroid dienone is 1. The lowest BCUT2D eigenvalue weighted by atomic mass is 9.67. The van der Waals surface area contributed by atoms with Crippen LogP contribution in [0.25, 0.3) is 0 Å². The van der Waals surface area contributed by atoms with Gasteiger partial charge in [-0.25, -0.2) is 0 Å². The lowest BCUT2D eigenvalue weighted by Gasteiger charge is -2.35. The normalized spacial score (nSPS) is 40.9. The third-order valence-electron chi connectivity index (χ3n) is 7.20. The Balaban J connectivity index is 2.17. The SMILES string of the molecule is C=C(C)C1CC23C(=O)C(C(=O)CC(C)C)C(=O)C2(O)C(=O)CC3C1(C)C. The highest BCUT2D eigenvalue weighted by atomic mass is 16.3. The van der Waals surface area contributed by atoms with Gasteiger partial charge in [-0.05, 0) is 36.5 Å². The molecule has 0 bridgehead atoms. The van der Waals surface area contributed by atoms with Gasteiger partial charge in [0.05, 0.1) is 5.41 Å². The molecule has 3 aliphatic rings. The largest absolute Gasteiger partial charge is 0.374 e. The van der Waals surface area contributed by atoms with E-state index in [2.05, 4.69) is 6.58 Å². The van der Waals surface area contributed by atoms with Crippen LogP contribution < -0.4 is 0 Å². The molecule has 26 heavy (non-hydrogen) atoms. The molecule has 3 rings (SSSR count). The standard InChI is InChI=1S/C21H28O5/c1-10(2)7-13(22)16-17(24)20-9-12(11(3)4)19(5,6)14(20)8-15(23)21(20,26)18(16)25/h10,12,14,16,26H,3,7-9H2,1-2,4-6H3. The molecule has 5 atom stereocenters. The number of hydrogen-bond acceptors (Lipinski definition) is 5. The first-order valence-corrected chi connectivity index (χ1v) is 9.35. The molecule has 0 aromatic rings. The van der Waals surface area contributed by atoms with E-state index in [-0.39, 0.29) is 31.1 Å². The second-order valence-electron chi connectivity index (χ2n) is 9.51.